The Morgan fingerprint density at radius 1 is 0.930 bits per heavy atom. The predicted molar refractivity (Wildman–Crippen MR) is 151 cm³/mol. The highest BCUT2D eigenvalue weighted by atomic mass is 19.4. The molecule has 12 heteroatoms. The Bertz CT molecular complexity index is 1840. The van der Waals surface area contributed by atoms with Gasteiger partial charge in [-0.25, -0.2) is 8.78 Å². The van der Waals surface area contributed by atoms with Gasteiger partial charge in [0.25, 0.3) is 0 Å². The molecule has 222 valence electrons. The average Bonchev–Trinajstić information content (AvgIpc) is 3.44. The zero-order valence-electron chi connectivity index (χ0n) is 23.0. The maximum Gasteiger partial charge on any atom is 0.416 e. The summed E-state index contributed by atoms with van der Waals surface area (Å²) in [7, 11) is 1.98. The van der Waals surface area contributed by atoms with Gasteiger partial charge in [-0.3, -0.25) is 4.79 Å². The summed E-state index contributed by atoms with van der Waals surface area (Å²) in [6.45, 7) is 2.57. The number of piperazine rings is 1. The lowest BCUT2D eigenvalue weighted by Gasteiger charge is -2.34. The minimum Gasteiger partial charge on any atom is -0.367 e. The fraction of sp³-hybridized carbons (Fsp3) is 0.258. The molecule has 0 radical (unpaired) electrons. The van der Waals surface area contributed by atoms with E-state index in [2.05, 4.69) is 15.0 Å². The number of anilines is 1. The van der Waals surface area contributed by atoms with E-state index in [1.807, 2.05) is 11.9 Å². The number of pyridine rings is 1. The quantitative estimate of drug-likeness (QED) is 0.234. The van der Waals surface area contributed by atoms with Crippen LogP contribution in [-0.2, 0) is 19.1 Å². The molecule has 0 atom stereocenters. The summed E-state index contributed by atoms with van der Waals surface area (Å²) in [5.74, 6) is -0.856. The molecule has 7 nitrogen and oxygen atoms in total. The molecule has 6 rings (SSSR count). The summed E-state index contributed by atoms with van der Waals surface area (Å²) >= 11 is 0. The molecule has 2 aromatic heterocycles. The maximum atomic E-state index is 15.5. The van der Waals surface area contributed by atoms with Crippen LogP contribution in [0.1, 0.15) is 22.6 Å². The number of fused-ring (bicyclic) bond motifs is 1. The van der Waals surface area contributed by atoms with Crippen LogP contribution in [0.2, 0.25) is 0 Å². The Balaban J connectivity index is 1.45. The minimum absolute atomic E-state index is 0.000305. The number of benzene rings is 3. The minimum atomic E-state index is -4.53. The number of rotatable bonds is 6. The molecule has 3 aromatic carbocycles. The molecule has 1 saturated heterocycles. The molecule has 5 aromatic rings. The summed E-state index contributed by atoms with van der Waals surface area (Å²) in [6, 6.07) is 13.4. The Morgan fingerprint density at radius 2 is 1.67 bits per heavy atom. The Labute approximate surface area is 242 Å². The third-order valence-electron chi connectivity index (χ3n) is 7.58. The smallest absolute Gasteiger partial charge is 0.367 e. The highest BCUT2D eigenvalue weighted by Crippen LogP contribution is 2.31. The van der Waals surface area contributed by atoms with Gasteiger partial charge >= 0.3 is 6.18 Å². The molecular weight excluding hydrogens is 569 g/mol. The van der Waals surface area contributed by atoms with E-state index in [9.17, 15) is 22.4 Å². The van der Waals surface area contributed by atoms with Crippen LogP contribution >= 0.6 is 0 Å². The molecule has 3 heterocycles. The molecule has 0 bridgehead atoms. The number of halogens is 5. The second kappa shape index (κ2) is 11.3. The maximum absolute atomic E-state index is 15.5. The van der Waals surface area contributed by atoms with Crippen LogP contribution in [0, 0.1) is 11.6 Å². The molecule has 0 N–H and O–H groups in total. The molecule has 1 aliphatic heterocycles. The fourth-order valence-corrected chi connectivity index (χ4v) is 5.23. The number of hydrogen-bond acceptors (Lipinski definition) is 6. The van der Waals surface area contributed by atoms with Crippen molar-refractivity contribution in [2.75, 3.05) is 38.1 Å². The summed E-state index contributed by atoms with van der Waals surface area (Å²) in [6.07, 6.45) is -2.89. The SMILES string of the molecule is CN1CCN(c2cc3c(cc2F)c(=O)c(-c2noc(Cc4ccc(F)cc4)n2)cn3Cc2cccc(C(F)(F)F)c2)CC1. The molecule has 43 heavy (non-hydrogen) atoms. The largest absolute Gasteiger partial charge is 0.416 e. The van der Waals surface area contributed by atoms with Gasteiger partial charge in [-0.1, -0.05) is 29.4 Å². The van der Waals surface area contributed by atoms with Crippen molar-refractivity contribution in [2.45, 2.75) is 19.1 Å². The van der Waals surface area contributed by atoms with Crippen molar-refractivity contribution in [3.8, 4) is 11.4 Å². The van der Waals surface area contributed by atoms with Crippen LogP contribution in [0.3, 0.4) is 0 Å². The van der Waals surface area contributed by atoms with Crippen LogP contribution < -0.4 is 10.3 Å². The molecule has 0 spiro atoms. The summed E-state index contributed by atoms with van der Waals surface area (Å²) < 4.78 is 76.2. The van der Waals surface area contributed by atoms with Gasteiger partial charge in [0.2, 0.25) is 17.1 Å². The van der Waals surface area contributed by atoms with Gasteiger partial charge in [-0.05, 0) is 54.6 Å². The van der Waals surface area contributed by atoms with E-state index in [4.69, 9.17) is 4.52 Å². The van der Waals surface area contributed by atoms with Gasteiger partial charge in [0.15, 0.2) is 0 Å². The monoisotopic (exact) mass is 595 g/mol. The lowest BCUT2D eigenvalue weighted by Crippen LogP contribution is -2.44. The number of nitrogens with zero attached hydrogens (tertiary/aromatic N) is 5. The van der Waals surface area contributed by atoms with Gasteiger partial charge in [-0.15, -0.1) is 0 Å². The first-order valence-corrected chi connectivity index (χ1v) is 13.6. The standard InChI is InChI=1S/C31H26F5N5O2/c1-39-9-11-40(12-10-39)27-16-26-23(15-25(27)33)29(42)24(18-41(26)17-20-3-2-4-21(13-20)31(34,35)36)30-37-28(43-38-30)14-19-5-7-22(32)8-6-19/h2-8,13,15-16,18H,9-12,14,17H2,1H3. The highest BCUT2D eigenvalue weighted by Gasteiger charge is 2.30. The number of hydrogen-bond donors (Lipinski definition) is 0. The van der Waals surface area contributed by atoms with E-state index in [1.54, 1.807) is 28.8 Å². The zero-order valence-corrected chi connectivity index (χ0v) is 23.0. The van der Waals surface area contributed by atoms with E-state index < -0.39 is 28.8 Å². The average molecular weight is 596 g/mol. The van der Waals surface area contributed by atoms with Crippen molar-refractivity contribution in [1.29, 1.82) is 0 Å². The molecular formula is C31H26F5N5O2. The van der Waals surface area contributed by atoms with E-state index in [-0.39, 0.29) is 35.6 Å². The first kappa shape index (κ1) is 28.5. The molecule has 0 unspecified atom stereocenters. The number of aromatic nitrogens is 3. The van der Waals surface area contributed by atoms with Crippen molar-refractivity contribution in [2.24, 2.45) is 0 Å². The van der Waals surface area contributed by atoms with Crippen molar-refractivity contribution >= 4 is 16.6 Å². The number of alkyl halides is 3. The van der Waals surface area contributed by atoms with Gasteiger partial charge < -0.3 is 18.9 Å². The lowest BCUT2D eigenvalue weighted by molar-refractivity contribution is -0.137. The topological polar surface area (TPSA) is 67.4 Å². The third-order valence-corrected chi connectivity index (χ3v) is 7.58. The van der Waals surface area contributed by atoms with Crippen LogP contribution in [0.5, 0.6) is 0 Å². The first-order chi connectivity index (χ1) is 20.5. The second-order valence-corrected chi connectivity index (χ2v) is 10.6. The van der Waals surface area contributed by atoms with Gasteiger partial charge in [-0.2, -0.15) is 18.2 Å². The van der Waals surface area contributed by atoms with Gasteiger partial charge in [0.05, 0.1) is 28.8 Å². The fourth-order valence-electron chi connectivity index (χ4n) is 5.23. The van der Waals surface area contributed by atoms with Crippen LogP contribution in [0.25, 0.3) is 22.3 Å². The van der Waals surface area contributed by atoms with Crippen molar-refractivity contribution in [3.05, 3.63) is 111 Å². The molecule has 0 aliphatic carbocycles. The third kappa shape index (κ3) is 6.00. The van der Waals surface area contributed by atoms with Gasteiger partial charge in [0.1, 0.15) is 11.6 Å². The van der Waals surface area contributed by atoms with Crippen LogP contribution in [-0.4, -0.2) is 52.8 Å². The van der Waals surface area contributed by atoms with Crippen molar-refractivity contribution in [1.82, 2.24) is 19.6 Å². The lowest BCUT2D eigenvalue weighted by atomic mass is 10.1. The van der Waals surface area contributed by atoms with Crippen molar-refractivity contribution < 1.29 is 26.5 Å². The summed E-state index contributed by atoms with van der Waals surface area (Å²) in [5, 5.41) is 3.99. The zero-order chi connectivity index (χ0) is 30.3. The second-order valence-electron chi connectivity index (χ2n) is 10.6. The van der Waals surface area contributed by atoms with Crippen LogP contribution in [0.15, 0.2) is 76.2 Å². The Hall–Kier alpha value is -4.58. The molecule has 0 saturated carbocycles. The normalized spacial score (nSPS) is 14.5. The van der Waals surface area contributed by atoms with Gasteiger partial charge in [0, 0.05) is 44.3 Å². The van der Waals surface area contributed by atoms with E-state index in [0.29, 0.717) is 35.4 Å². The molecule has 1 aliphatic rings. The van der Waals surface area contributed by atoms with E-state index in [0.717, 1.165) is 31.3 Å². The summed E-state index contributed by atoms with van der Waals surface area (Å²) in [5.41, 5.74) is 0.358. The van der Waals surface area contributed by atoms with Crippen LogP contribution in [0.4, 0.5) is 27.6 Å². The molecule has 1 fully saturated rings. The summed E-state index contributed by atoms with van der Waals surface area (Å²) in [4.78, 5) is 22.1. The first-order valence-electron chi connectivity index (χ1n) is 13.6. The van der Waals surface area contributed by atoms with E-state index in [1.165, 1.54) is 24.4 Å². The Kier molecular flexibility index (Phi) is 7.47. The highest BCUT2D eigenvalue weighted by molar-refractivity contribution is 5.86. The Morgan fingerprint density at radius 3 is 2.40 bits per heavy atom. The van der Waals surface area contributed by atoms with E-state index >= 15 is 4.39 Å². The van der Waals surface area contributed by atoms with Crippen molar-refractivity contribution in [3.63, 3.8) is 0 Å². The predicted octanol–water partition coefficient (Wildman–Crippen LogP) is 5.74. The molecule has 0 amide bonds. The number of likely N-dealkylation sites (N-methyl/N-ethyl adjacent to an activating group) is 1.